The smallest absolute Gasteiger partial charge is 0.276 e. The first kappa shape index (κ1) is 16.3. The van der Waals surface area contributed by atoms with Gasteiger partial charge >= 0.3 is 0 Å². The fraction of sp³-hybridized carbons (Fsp3) is 0.263. The van der Waals surface area contributed by atoms with Crippen molar-refractivity contribution in [3.8, 4) is 11.3 Å². The van der Waals surface area contributed by atoms with Crippen LogP contribution < -0.4 is 10.2 Å². The zero-order valence-corrected chi connectivity index (χ0v) is 14.4. The van der Waals surface area contributed by atoms with E-state index in [1.165, 1.54) is 19.3 Å². The number of anilines is 2. The van der Waals surface area contributed by atoms with E-state index in [-0.39, 0.29) is 5.91 Å². The Kier molecular flexibility index (Phi) is 4.59. The van der Waals surface area contributed by atoms with Gasteiger partial charge in [-0.1, -0.05) is 12.1 Å². The maximum atomic E-state index is 12.5. The summed E-state index contributed by atoms with van der Waals surface area (Å²) in [5.74, 6) is 0.562. The molecule has 1 aliphatic rings. The molecule has 3 aromatic rings. The van der Waals surface area contributed by atoms with Crippen LogP contribution in [0.15, 0.2) is 48.7 Å². The lowest BCUT2D eigenvalue weighted by atomic mass is 10.1. The normalized spacial score (nSPS) is 14.2. The van der Waals surface area contributed by atoms with Crippen molar-refractivity contribution in [2.75, 3.05) is 23.3 Å². The predicted molar refractivity (Wildman–Crippen MR) is 100 cm³/mol. The van der Waals surface area contributed by atoms with E-state index >= 15 is 0 Å². The van der Waals surface area contributed by atoms with Gasteiger partial charge in [0.1, 0.15) is 0 Å². The molecule has 2 aromatic heterocycles. The van der Waals surface area contributed by atoms with Gasteiger partial charge in [-0.3, -0.25) is 9.89 Å². The van der Waals surface area contributed by atoms with Crippen LogP contribution in [-0.2, 0) is 0 Å². The molecule has 3 heterocycles. The number of carbonyl (C=O) groups is 1. The van der Waals surface area contributed by atoms with E-state index in [2.05, 4.69) is 30.6 Å². The van der Waals surface area contributed by atoms with Gasteiger partial charge in [0.2, 0.25) is 0 Å². The van der Waals surface area contributed by atoms with Crippen molar-refractivity contribution in [3.05, 3.63) is 54.4 Å². The number of benzene rings is 1. The van der Waals surface area contributed by atoms with E-state index in [4.69, 9.17) is 0 Å². The minimum Gasteiger partial charge on any atom is -0.355 e. The number of piperidine rings is 1. The molecule has 0 unspecified atom stereocenters. The Balaban J connectivity index is 1.45. The van der Waals surface area contributed by atoms with Crippen LogP contribution in [0.4, 0.5) is 11.5 Å². The number of amides is 1. The number of hydrogen-bond acceptors (Lipinski definition) is 5. The summed E-state index contributed by atoms with van der Waals surface area (Å²) >= 11 is 0. The van der Waals surface area contributed by atoms with E-state index in [0.717, 1.165) is 30.2 Å². The molecule has 0 spiro atoms. The van der Waals surface area contributed by atoms with Crippen molar-refractivity contribution >= 4 is 17.4 Å². The van der Waals surface area contributed by atoms with Crippen molar-refractivity contribution in [2.45, 2.75) is 19.3 Å². The number of aromatic nitrogens is 4. The SMILES string of the molecule is O=C(Nc1cccc(-c2ccn[nH]2)c1)c1ccc(N2CCCCC2)nn1. The number of rotatable bonds is 4. The molecule has 1 saturated heterocycles. The molecule has 7 nitrogen and oxygen atoms in total. The Morgan fingerprint density at radius 1 is 1.04 bits per heavy atom. The first-order valence-corrected chi connectivity index (χ1v) is 8.79. The highest BCUT2D eigenvalue weighted by Gasteiger charge is 2.14. The van der Waals surface area contributed by atoms with Gasteiger partial charge in [-0.05, 0) is 49.6 Å². The minimum atomic E-state index is -0.274. The number of carbonyl (C=O) groups excluding carboxylic acids is 1. The van der Waals surface area contributed by atoms with Crippen LogP contribution in [-0.4, -0.2) is 39.4 Å². The zero-order chi connectivity index (χ0) is 17.8. The Labute approximate surface area is 151 Å². The lowest BCUT2D eigenvalue weighted by Gasteiger charge is -2.27. The summed E-state index contributed by atoms with van der Waals surface area (Å²) in [6, 6.07) is 13.0. The summed E-state index contributed by atoms with van der Waals surface area (Å²) < 4.78 is 0. The molecule has 0 aliphatic carbocycles. The highest BCUT2D eigenvalue weighted by Crippen LogP contribution is 2.21. The highest BCUT2D eigenvalue weighted by atomic mass is 16.1. The topological polar surface area (TPSA) is 86.8 Å². The number of H-pyrrole nitrogens is 1. The summed E-state index contributed by atoms with van der Waals surface area (Å²) in [7, 11) is 0. The third kappa shape index (κ3) is 3.56. The Morgan fingerprint density at radius 2 is 1.92 bits per heavy atom. The van der Waals surface area contributed by atoms with Gasteiger partial charge in [0.25, 0.3) is 5.91 Å². The van der Waals surface area contributed by atoms with Gasteiger partial charge in [0.15, 0.2) is 11.5 Å². The highest BCUT2D eigenvalue weighted by molar-refractivity contribution is 6.03. The van der Waals surface area contributed by atoms with Gasteiger partial charge in [-0.2, -0.15) is 5.10 Å². The van der Waals surface area contributed by atoms with Crippen LogP contribution >= 0.6 is 0 Å². The van der Waals surface area contributed by atoms with Gasteiger partial charge in [0.05, 0.1) is 5.69 Å². The van der Waals surface area contributed by atoms with E-state index in [1.807, 2.05) is 36.4 Å². The molecule has 0 atom stereocenters. The molecule has 1 amide bonds. The second-order valence-corrected chi connectivity index (χ2v) is 6.33. The molecule has 1 fully saturated rings. The van der Waals surface area contributed by atoms with Crippen LogP contribution in [0.2, 0.25) is 0 Å². The van der Waals surface area contributed by atoms with Crippen molar-refractivity contribution in [3.63, 3.8) is 0 Å². The van der Waals surface area contributed by atoms with E-state index in [1.54, 1.807) is 12.3 Å². The van der Waals surface area contributed by atoms with Crippen molar-refractivity contribution in [1.29, 1.82) is 0 Å². The van der Waals surface area contributed by atoms with Crippen LogP contribution in [0.1, 0.15) is 29.8 Å². The monoisotopic (exact) mass is 348 g/mol. The third-order valence-electron chi connectivity index (χ3n) is 4.50. The maximum absolute atomic E-state index is 12.5. The van der Waals surface area contributed by atoms with Crippen molar-refractivity contribution in [2.24, 2.45) is 0 Å². The van der Waals surface area contributed by atoms with E-state index < -0.39 is 0 Å². The Morgan fingerprint density at radius 3 is 2.65 bits per heavy atom. The summed E-state index contributed by atoms with van der Waals surface area (Å²) in [5.41, 5.74) is 2.85. The standard InChI is InChI=1S/C19H20N6O/c26-19(17-7-8-18(24-23-17)25-11-2-1-3-12-25)21-15-6-4-5-14(13-15)16-9-10-20-22-16/h4-10,13H,1-3,11-12H2,(H,20,22)(H,21,26). The van der Waals surface area contributed by atoms with Gasteiger partial charge < -0.3 is 10.2 Å². The number of nitrogens with zero attached hydrogens (tertiary/aromatic N) is 4. The summed E-state index contributed by atoms with van der Waals surface area (Å²) in [4.78, 5) is 14.7. The van der Waals surface area contributed by atoms with Crippen LogP contribution in [0.25, 0.3) is 11.3 Å². The number of nitrogens with one attached hydrogen (secondary N) is 2. The van der Waals surface area contributed by atoms with E-state index in [9.17, 15) is 4.79 Å². The van der Waals surface area contributed by atoms with Crippen LogP contribution in [0.5, 0.6) is 0 Å². The maximum Gasteiger partial charge on any atom is 0.276 e. The van der Waals surface area contributed by atoms with E-state index in [0.29, 0.717) is 11.4 Å². The molecular weight excluding hydrogens is 328 g/mol. The molecule has 4 rings (SSSR count). The van der Waals surface area contributed by atoms with Gasteiger partial charge in [-0.25, -0.2) is 0 Å². The first-order valence-electron chi connectivity index (χ1n) is 8.79. The molecular formula is C19H20N6O. The number of aromatic amines is 1. The average molecular weight is 348 g/mol. The number of hydrogen-bond donors (Lipinski definition) is 2. The molecule has 0 bridgehead atoms. The third-order valence-corrected chi connectivity index (χ3v) is 4.50. The average Bonchev–Trinajstić information content (AvgIpc) is 3.24. The molecule has 1 aliphatic heterocycles. The van der Waals surface area contributed by atoms with Crippen LogP contribution in [0, 0.1) is 0 Å². The molecule has 0 saturated carbocycles. The quantitative estimate of drug-likeness (QED) is 0.756. The summed E-state index contributed by atoms with van der Waals surface area (Å²) in [5, 5.41) is 18.1. The summed E-state index contributed by atoms with van der Waals surface area (Å²) in [6.07, 6.45) is 5.31. The van der Waals surface area contributed by atoms with Gasteiger partial charge in [0, 0.05) is 30.5 Å². The zero-order valence-electron chi connectivity index (χ0n) is 14.4. The van der Waals surface area contributed by atoms with Crippen molar-refractivity contribution in [1.82, 2.24) is 20.4 Å². The minimum absolute atomic E-state index is 0.274. The molecule has 7 heteroatoms. The molecule has 1 aromatic carbocycles. The predicted octanol–water partition coefficient (Wildman–Crippen LogP) is 3.11. The Hall–Kier alpha value is -3.22. The first-order chi connectivity index (χ1) is 12.8. The molecule has 26 heavy (non-hydrogen) atoms. The second-order valence-electron chi connectivity index (χ2n) is 6.33. The molecule has 0 radical (unpaired) electrons. The molecule has 132 valence electrons. The largest absolute Gasteiger partial charge is 0.355 e. The summed E-state index contributed by atoms with van der Waals surface area (Å²) in [6.45, 7) is 2.00. The van der Waals surface area contributed by atoms with Gasteiger partial charge in [-0.15, -0.1) is 10.2 Å². The molecule has 2 N–H and O–H groups in total. The fourth-order valence-corrected chi connectivity index (χ4v) is 3.11. The lowest BCUT2D eigenvalue weighted by Crippen LogP contribution is -2.30. The second kappa shape index (κ2) is 7.35. The van der Waals surface area contributed by atoms with Crippen molar-refractivity contribution < 1.29 is 4.79 Å². The fourth-order valence-electron chi connectivity index (χ4n) is 3.11. The van der Waals surface area contributed by atoms with Crippen LogP contribution in [0.3, 0.4) is 0 Å². The lowest BCUT2D eigenvalue weighted by molar-refractivity contribution is 0.102. The Bertz CT molecular complexity index is 869.